The predicted molar refractivity (Wildman–Crippen MR) is 137 cm³/mol. The summed E-state index contributed by atoms with van der Waals surface area (Å²) in [5, 5.41) is -6.24. The minimum absolute atomic E-state index is 0.0770. The molecule has 0 aromatic heterocycles. The largest absolute Gasteiger partial charge is 0.465 e. The number of hydrogen-bond donors (Lipinski definition) is 1. The van der Waals surface area contributed by atoms with Gasteiger partial charge in [0.1, 0.15) is 6.61 Å². The van der Waals surface area contributed by atoms with E-state index in [1.165, 1.54) is 0 Å². The maximum atomic E-state index is 13.7. The SMILES string of the molecule is O=C(OCC(F)(F)S(=O)(=O)O)C12CC3CC(C1)C1(SCC(COC(=O)C(F)(F)C(F)(F)F)C(COC(=O)C(F)(F)C(F)(F)F)S1)C(C3)C2. The van der Waals surface area contributed by atoms with Crippen molar-refractivity contribution in [2.45, 2.75) is 70.9 Å². The van der Waals surface area contributed by atoms with Gasteiger partial charge in [-0.05, 0) is 49.9 Å². The third-order valence-electron chi connectivity index (χ3n) is 8.93. The second-order valence-electron chi connectivity index (χ2n) is 12.1. The first-order chi connectivity index (χ1) is 21.6. The highest BCUT2D eigenvalue weighted by atomic mass is 32.2. The summed E-state index contributed by atoms with van der Waals surface area (Å²) in [5.41, 5.74) is -1.41. The first kappa shape index (κ1) is 39.0. The Balaban J connectivity index is 1.55. The van der Waals surface area contributed by atoms with Crippen molar-refractivity contribution >= 4 is 51.5 Å². The van der Waals surface area contributed by atoms with Gasteiger partial charge in [-0.25, -0.2) is 9.59 Å². The standard InChI is InChI=1S/C24H24F12O9S3/c25-19(26,48(40,41)42)9-45-15(37)18-3-10-1-12(4-18)20(13(2-10)5-18)46-8-11(6-43-16(38)21(27,28)23(31,32)33)14(47-20)7-44-17(39)22(29,30)24(34,35)36/h10-14H,1-9H2,(H,40,41,42). The van der Waals surface area contributed by atoms with Crippen LogP contribution in [0, 0.1) is 29.1 Å². The van der Waals surface area contributed by atoms with Crippen LogP contribution in [-0.4, -0.2) is 95.2 Å². The fraction of sp³-hybridized carbons (Fsp3) is 0.875. The Labute approximate surface area is 271 Å². The lowest BCUT2D eigenvalue weighted by atomic mass is 9.49. The van der Waals surface area contributed by atoms with E-state index in [-0.39, 0.29) is 30.9 Å². The zero-order chi connectivity index (χ0) is 36.5. The second kappa shape index (κ2) is 12.4. The van der Waals surface area contributed by atoms with Crippen LogP contribution < -0.4 is 0 Å². The fourth-order valence-corrected chi connectivity index (χ4v) is 11.3. The summed E-state index contributed by atoms with van der Waals surface area (Å²) in [5.74, 6) is -22.1. The molecule has 5 fully saturated rings. The molecule has 48 heavy (non-hydrogen) atoms. The van der Waals surface area contributed by atoms with Crippen molar-refractivity contribution in [3.05, 3.63) is 0 Å². The molecule has 5 rings (SSSR count). The number of halogens is 12. The molecule has 276 valence electrons. The molecule has 4 unspecified atom stereocenters. The summed E-state index contributed by atoms with van der Waals surface area (Å²) in [7, 11) is -5.93. The van der Waals surface area contributed by atoms with Gasteiger partial charge >= 0.3 is 57.5 Å². The summed E-state index contributed by atoms with van der Waals surface area (Å²) in [6, 6.07) is 0. The van der Waals surface area contributed by atoms with Gasteiger partial charge in [0.25, 0.3) is 0 Å². The van der Waals surface area contributed by atoms with Crippen LogP contribution >= 0.6 is 23.5 Å². The minimum Gasteiger partial charge on any atom is -0.461 e. The van der Waals surface area contributed by atoms with Crippen LogP contribution in [0.1, 0.15) is 32.1 Å². The van der Waals surface area contributed by atoms with E-state index in [4.69, 9.17) is 4.55 Å². The Morgan fingerprint density at radius 1 is 0.750 bits per heavy atom. The molecule has 1 N–H and O–H groups in total. The Morgan fingerprint density at radius 3 is 1.69 bits per heavy atom. The third-order valence-corrected chi connectivity index (χ3v) is 14.0. The summed E-state index contributed by atoms with van der Waals surface area (Å²) in [4.78, 5) is 36.4. The van der Waals surface area contributed by atoms with E-state index in [0.717, 1.165) is 23.5 Å². The van der Waals surface area contributed by atoms with Crippen LogP contribution in [0.15, 0.2) is 0 Å². The lowest BCUT2D eigenvalue weighted by Crippen LogP contribution is -2.62. The van der Waals surface area contributed by atoms with E-state index in [0.29, 0.717) is 12.8 Å². The smallest absolute Gasteiger partial charge is 0.461 e. The first-order valence-corrected chi connectivity index (χ1v) is 17.0. The van der Waals surface area contributed by atoms with Gasteiger partial charge < -0.3 is 14.2 Å². The van der Waals surface area contributed by atoms with Crippen molar-refractivity contribution in [3.63, 3.8) is 0 Å². The predicted octanol–water partition coefficient (Wildman–Crippen LogP) is 5.48. The van der Waals surface area contributed by atoms with E-state index in [9.17, 15) is 75.5 Å². The Morgan fingerprint density at radius 2 is 1.23 bits per heavy atom. The quantitative estimate of drug-likeness (QED) is 0.131. The molecule has 0 aromatic carbocycles. The molecule has 24 heteroatoms. The average molecular weight is 781 g/mol. The molecular weight excluding hydrogens is 756 g/mol. The minimum atomic E-state index is -6.37. The molecule has 1 spiro atoms. The Hall–Kier alpha value is -1.82. The number of alkyl halides is 12. The van der Waals surface area contributed by atoms with Gasteiger partial charge in [0.15, 0.2) is 6.61 Å². The van der Waals surface area contributed by atoms with Crippen molar-refractivity contribution in [2.24, 2.45) is 29.1 Å². The summed E-state index contributed by atoms with van der Waals surface area (Å²) in [6.07, 6.45) is -12.0. The number of thioether (sulfide) groups is 2. The molecule has 5 aliphatic rings. The number of ether oxygens (including phenoxy) is 3. The van der Waals surface area contributed by atoms with E-state index in [2.05, 4.69) is 14.2 Å². The molecule has 1 heterocycles. The molecular formula is C24H24F12O9S3. The number of esters is 3. The van der Waals surface area contributed by atoms with E-state index >= 15 is 0 Å². The van der Waals surface area contributed by atoms with Gasteiger partial charge in [-0.1, -0.05) is 0 Å². The number of carbonyl (C=O) groups is 3. The van der Waals surface area contributed by atoms with Gasteiger partial charge in [-0.15, -0.1) is 23.5 Å². The highest BCUT2D eigenvalue weighted by molar-refractivity contribution is 8.19. The Kier molecular flexibility index (Phi) is 10.1. The fourth-order valence-electron chi connectivity index (χ4n) is 6.77. The summed E-state index contributed by atoms with van der Waals surface area (Å²) < 4.78 is 200. The van der Waals surface area contributed by atoms with Crippen molar-refractivity contribution in [2.75, 3.05) is 25.6 Å². The van der Waals surface area contributed by atoms with Crippen molar-refractivity contribution in [1.29, 1.82) is 0 Å². The van der Waals surface area contributed by atoms with Crippen molar-refractivity contribution < 1.29 is 94.2 Å². The molecule has 0 aromatic rings. The number of rotatable bonds is 10. The number of carbonyl (C=O) groups excluding carboxylic acids is 3. The van der Waals surface area contributed by atoms with Crippen molar-refractivity contribution in [3.8, 4) is 0 Å². The van der Waals surface area contributed by atoms with Gasteiger partial charge in [0.05, 0.1) is 16.1 Å². The highest BCUT2D eigenvalue weighted by Gasteiger charge is 2.69. The zero-order valence-corrected chi connectivity index (χ0v) is 26.2. The Bertz CT molecular complexity index is 1390. The lowest BCUT2D eigenvalue weighted by Gasteiger charge is -2.65. The maximum Gasteiger partial charge on any atom is 0.465 e. The monoisotopic (exact) mass is 780 g/mol. The van der Waals surface area contributed by atoms with Crippen LogP contribution in [0.3, 0.4) is 0 Å². The van der Waals surface area contributed by atoms with Crippen LogP contribution in [-0.2, 0) is 38.7 Å². The molecule has 4 saturated carbocycles. The topological polar surface area (TPSA) is 133 Å². The first-order valence-electron chi connectivity index (χ1n) is 13.7. The normalized spacial score (nSPS) is 32.6. The maximum absolute atomic E-state index is 13.7. The average Bonchev–Trinajstić information content (AvgIpc) is 2.94. The molecule has 0 radical (unpaired) electrons. The van der Waals surface area contributed by atoms with Crippen LogP contribution in [0.25, 0.3) is 0 Å². The van der Waals surface area contributed by atoms with Crippen LogP contribution in [0.4, 0.5) is 52.7 Å². The van der Waals surface area contributed by atoms with Crippen LogP contribution in [0.2, 0.25) is 0 Å². The van der Waals surface area contributed by atoms with E-state index in [1.54, 1.807) is 0 Å². The van der Waals surface area contributed by atoms with E-state index in [1.807, 2.05) is 0 Å². The van der Waals surface area contributed by atoms with Gasteiger partial charge in [-0.2, -0.15) is 61.1 Å². The molecule has 9 nitrogen and oxygen atoms in total. The number of hydrogen-bond acceptors (Lipinski definition) is 10. The van der Waals surface area contributed by atoms with Gasteiger partial charge in [-0.3, -0.25) is 9.35 Å². The summed E-state index contributed by atoms with van der Waals surface area (Å²) >= 11 is 1.87. The molecule has 1 aliphatic heterocycles. The highest BCUT2D eigenvalue weighted by Crippen LogP contribution is 2.72. The molecule has 0 amide bonds. The van der Waals surface area contributed by atoms with Gasteiger partial charge in [0.2, 0.25) is 0 Å². The second-order valence-corrected chi connectivity index (χ2v) is 16.7. The third kappa shape index (κ3) is 6.91. The van der Waals surface area contributed by atoms with E-state index < -0.39 is 110 Å². The molecule has 4 aliphatic carbocycles. The summed E-state index contributed by atoms with van der Waals surface area (Å²) in [6.45, 7) is -4.46. The lowest BCUT2D eigenvalue weighted by molar-refractivity contribution is -0.281. The van der Waals surface area contributed by atoms with Gasteiger partial charge in [0, 0.05) is 16.9 Å². The molecule has 4 bridgehead atoms. The molecule has 1 saturated heterocycles. The van der Waals surface area contributed by atoms with Crippen LogP contribution in [0.5, 0.6) is 0 Å². The van der Waals surface area contributed by atoms with Crippen molar-refractivity contribution in [1.82, 2.24) is 0 Å². The molecule has 4 atom stereocenters. The zero-order valence-electron chi connectivity index (χ0n) is 23.7.